The normalized spacial score (nSPS) is 7.56. The minimum atomic E-state index is -1.56. The van der Waals surface area contributed by atoms with E-state index in [-0.39, 0.29) is 0 Å². The summed E-state index contributed by atoms with van der Waals surface area (Å²) in [6.07, 6.45) is 0. The number of nitrogens with zero attached hydrogens (tertiary/aromatic N) is 3. The third-order valence-corrected chi connectivity index (χ3v) is 0.446. The van der Waals surface area contributed by atoms with Crippen molar-refractivity contribution in [3.8, 4) is 0 Å². The third-order valence-electron chi connectivity index (χ3n) is 0.446. The average Bonchev–Trinajstić information content (AvgIpc) is 1.64. The Hall–Kier alpha value is -1.75. The molecule has 7 heteroatoms. The molecule has 0 saturated carbocycles. The first kappa shape index (κ1) is 7.25. The van der Waals surface area contributed by atoms with Crippen molar-refractivity contribution in [1.82, 2.24) is 0 Å². The second kappa shape index (κ2) is 2.53. The highest BCUT2D eigenvalue weighted by Crippen LogP contribution is 1.87. The molecule has 0 radical (unpaired) electrons. The Morgan fingerprint density at radius 1 is 1.33 bits per heavy atom. The highest BCUT2D eigenvalue weighted by molar-refractivity contribution is 5.55. The molecule has 0 aliphatic carbocycles. The summed E-state index contributed by atoms with van der Waals surface area (Å²) >= 11 is 0. The molecule has 0 rings (SSSR count). The molecular formula is C2N3O4-. The smallest absolute Gasteiger partial charge is 0.582 e. The van der Waals surface area contributed by atoms with Gasteiger partial charge in [-0.15, -0.1) is 5.87 Å². The van der Waals surface area contributed by atoms with Crippen LogP contribution in [0.25, 0.3) is 5.41 Å². The molecule has 0 bridgehead atoms. The molecule has 0 aromatic heterocycles. The van der Waals surface area contributed by atoms with Gasteiger partial charge in [-0.05, 0) is 0 Å². The fourth-order valence-electron chi connectivity index (χ4n) is 0.148. The molecule has 9 heavy (non-hydrogen) atoms. The van der Waals surface area contributed by atoms with E-state index in [1.54, 1.807) is 0 Å². The van der Waals surface area contributed by atoms with Gasteiger partial charge in [-0.2, -0.15) is 0 Å². The topological polar surface area (TPSA) is 109 Å². The Balaban J connectivity index is 4.59. The van der Waals surface area contributed by atoms with Gasteiger partial charge in [-0.3, -0.25) is 20.2 Å². The summed E-state index contributed by atoms with van der Waals surface area (Å²) in [6.45, 7) is 0. The monoisotopic (exact) mass is 130 g/mol. The Labute approximate surface area is 48.4 Å². The molecule has 0 aliphatic rings. The van der Waals surface area contributed by atoms with Crippen LogP contribution in [0.1, 0.15) is 0 Å². The van der Waals surface area contributed by atoms with E-state index in [4.69, 9.17) is 5.41 Å². The van der Waals surface area contributed by atoms with Gasteiger partial charge in [0.15, 0.2) is 0 Å². The van der Waals surface area contributed by atoms with Crippen LogP contribution in [0.5, 0.6) is 0 Å². The molecule has 0 aromatic rings. The Morgan fingerprint density at radius 3 is 1.67 bits per heavy atom. The number of hydrogen-bond donors (Lipinski definition) is 0. The fraction of sp³-hybridized carbons (Fsp3) is 0. The molecule has 7 nitrogen and oxygen atoms in total. The van der Waals surface area contributed by atoms with E-state index >= 15 is 0 Å². The van der Waals surface area contributed by atoms with Crippen molar-refractivity contribution >= 4 is 5.87 Å². The van der Waals surface area contributed by atoms with Gasteiger partial charge in [0.1, 0.15) is 9.85 Å². The van der Waals surface area contributed by atoms with E-state index in [0.29, 0.717) is 0 Å². The lowest BCUT2D eigenvalue weighted by Gasteiger charge is -1.82. The van der Waals surface area contributed by atoms with Crippen molar-refractivity contribution in [3.05, 3.63) is 31.5 Å². The first-order valence-corrected chi connectivity index (χ1v) is 1.65. The van der Waals surface area contributed by atoms with Gasteiger partial charge in [-0.25, -0.2) is 0 Å². The minimum absolute atomic E-state index is 0.819. The molecular weight excluding hydrogens is 130 g/mol. The summed E-state index contributed by atoms with van der Waals surface area (Å²) in [5.74, 6) is -0.741. The SMILES string of the molecule is [N-]=C=C([N+](=O)[O-])[N+](=O)[O-]. The van der Waals surface area contributed by atoms with Crippen LogP contribution in [-0.4, -0.2) is 15.7 Å². The maximum atomic E-state index is 9.48. The van der Waals surface area contributed by atoms with Crippen LogP contribution >= 0.6 is 0 Å². The standard InChI is InChI=1S/C2N3O4/c3-1-2(4(6)7)5(8)9/q-1. The second-order valence-corrected chi connectivity index (χ2v) is 0.950. The summed E-state index contributed by atoms with van der Waals surface area (Å²) in [6, 6.07) is 0. The molecule has 0 unspecified atom stereocenters. The van der Waals surface area contributed by atoms with E-state index in [0.717, 1.165) is 5.87 Å². The Morgan fingerprint density at radius 2 is 1.67 bits per heavy atom. The van der Waals surface area contributed by atoms with Gasteiger partial charge in [-0.1, -0.05) is 0 Å². The molecule has 0 saturated heterocycles. The van der Waals surface area contributed by atoms with E-state index in [1.165, 1.54) is 0 Å². The molecule has 0 N–H and O–H groups in total. The summed E-state index contributed by atoms with van der Waals surface area (Å²) in [5, 5.41) is 26.6. The van der Waals surface area contributed by atoms with Crippen molar-refractivity contribution < 1.29 is 9.85 Å². The van der Waals surface area contributed by atoms with Crippen LogP contribution in [0.4, 0.5) is 0 Å². The van der Waals surface area contributed by atoms with Gasteiger partial charge in [0, 0.05) is 0 Å². The van der Waals surface area contributed by atoms with Crippen LogP contribution in [0.3, 0.4) is 0 Å². The van der Waals surface area contributed by atoms with Gasteiger partial charge in [0.2, 0.25) is 0 Å². The zero-order chi connectivity index (χ0) is 7.44. The maximum Gasteiger partial charge on any atom is 0.582 e. The third kappa shape index (κ3) is 1.66. The predicted octanol–water partition coefficient (Wildman–Crippen LogP) is -0.380. The van der Waals surface area contributed by atoms with Crippen molar-refractivity contribution in [2.75, 3.05) is 0 Å². The van der Waals surface area contributed by atoms with E-state index < -0.39 is 15.7 Å². The second-order valence-electron chi connectivity index (χ2n) is 0.950. The van der Waals surface area contributed by atoms with E-state index in [1.807, 2.05) is 0 Å². The number of hydrogen-bond acceptors (Lipinski definition) is 4. The summed E-state index contributed by atoms with van der Waals surface area (Å²) in [7, 11) is 0. The van der Waals surface area contributed by atoms with E-state index in [9.17, 15) is 20.2 Å². The molecule has 48 valence electrons. The summed E-state index contributed by atoms with van der Waals surface area (Å²) in [5.41, 5.74) is 0. The van der Waals surface area contributed by atoms with Crippen LogP contribution in [0.15, 0.2) is 5.82 Å². The maximum absolute atomic E-state index is 9.48. The lowest BCUT2D eigenvalue weighted by Crippen LogP contribution is -2.08. The largest absolute Gasteiger partial charge is 0.752 e. The number of rotatable bonds is 2. The van der Waals surface area contributed by atoms with Gasteiger partial charge in [0.25, 0.3) is 0 Å². The molecule has 0 fully saturated rings. The Bertz CT molecular complexity index is 186. The first-order valence-electron chi connectivity index (χ1n) is 1.65. The predicted molar refractivity (Wildman–Crippen MR) is 25.9 cm³/mol. The molecule has 0 amide bonds. The highest BCUT2D eigenvalue weighted by atomic mass is 16.7. The van der Waals surface area contributed by atoms with Crippen molar-refractivity contribution in [2.45, 2.75) is 0 Å². The van der Waals surface area contributed by atoms with E-state index in [2.05, 4.69) is 0 Å². The fourth-order valence-corrected chi connectivity index (χ4v) is 0.148. The van der Waals surface area contributed by atoms with Crippen LogP contribution in [-0.2, 0) is 0 Å². The quantitative estimate of drug-likeness (QED) is 0.288. The summed E-state index contributed by atoms with van der Waals surface area (Å²) in [4.78, 5) is 16.3. The van der Waals surface area contributed by atoms with Crippen molar-refractivity contribution in [1.29, 1.82) is 0 Å². The molecule has 0 heterocycles. The zero-order valence-corrected chi connectivity index (χ0v) is 3.97. The molecule has 0 spiro atoms. The Kier molecular flexibility index (Phi) is 2.04. The number of nitro groups is 2. The van der Waals surface area contributed by atoms with Gasteiger partial charge >= 0.3 is 5.82 Å². The van der Waals surface area contributed by atoms with Crippen LogP contribution in [0.2, 0.25) is 0 Å². The molecule has 0 aromatic carbocycles. The van der Waals surface area contributed by atoms with Crippen molar-refractivity contribution in [2.24, 2.45) is 0 Å². The van der Waals surface area contributed by atoms with Crippen LogP contribution in [0, 0.1) is 20.2 Å². The lowest BCUT2D eigenvalue weighted by molar-refractivity contribution is -0.612. The molecule has 0 aliphatic heterocycles. The van der Waals surface area contributed by atoms with Gasteiger partial charge in [0.05, 0.1) is 0 Å². The van der Waals surface area contributed by atoms with Crippen molar-refractivity contribution in [3.63, 3.8) is 0 Å². The lowest BCUT2D eigenvalue weighted by atomic mass is 10.8. The minimum Gasteiger partial charge on any atom is -0.752 e. The zero-order valence-electron chi connectivity index (χ0n) is 3.97. The molecule has 0 atom stereocenters. The average molecular weight is 130 g/mol. The van der Waals surface area contributed by atoms with Crippen LogP contribution < -0.4 is 0 Å². The van der Waals surface area contributed by atoms with Gasteiger partial charge < -0.3 is 5.41 Å². The summed E-state index contributed by atoms with van der Waals surface area (Å²) < 4.78 is 0. The first-order chi connectivity index (χ1) is 4.09. The highest BCUT2D eigenvalue weighted by Gasteiger charge is 2.20.